The number of esters is 1. The number of hydrogen-bond acceptors (Lipinski definition) is 6. The van der Waals surface area contributed by atoms with E-state index in [0.29, 0.717) is 30.1 Å². The molecule has 0 aliphatic rings. The van der Waals surface area contributed by atoms with Gasteiger partial charge in [-0.05, 0) is 50.3 Å². The molecule has 0 aliphatic heterocycles. The lowest BCUT2D eigenvalue weighted by molar-refractivity contribution is 0.0378. The van der Waals surface area contributed by atoms with Gasteiger partial charge in [0.05, 0.1) is 18.2 Å². The number of ether oxygens (including phenoxy) is 2. The highest BCUT2D eigenvalue weighted by molar-refractivity contribution is 5.90. The molecule has 1 aromatic heterocycles. The molecule has 0 saturated heterocycles. The van der Waals surface area contributed by atoms with Gasteiger partial charge in [-0.1, -0.05) is 29.8 Å². The van der Waals surface area contributed by atoms with E-state index >= 15 is 0 Å². The number of aromatic nitrogens is 4. The lowest BCUT2D eigenvalue weighted by atomic mass is 10.1. The zero-order valence-corrected chi connectivity index (χ0v) is 15.6. The van der Waals surface area contributed by atoms with Crippen LogP contribution in [-0.2, 0) is 11.3 Å². The number of carbonyl (C=O) groups excluding carboxylic acids is 1. The summed E-state index contributed by atoms with van der Waals surface area (Å²) in [6, 6.07) is 14.9. The number of benzene rings is 2. The first-order valence-corrected chi connectivity index (χ1v) is 8.80. The van der Waals surface area contributed by atoms with Crippen LogP contribution in [0.3, 0.4) is 0 Å². The van der Waals surface area contributed by atoms with Crippen molar-refractivity contribution in [2.24, 2.45) is 0 Å². The van der Waals surface area contributed by atoms with Crippen molar-refractivity contribution in [2.45, 2.75) is 33.4 Å². The van der Waals surface area contributed by atoms with Crippen LogP contribution in [0.25, 0.3) is 11.4 Å². The minimum atomic E-state index is -0.370. The van der Waals surface area contributed by atoms with Gasteiger partial charge in [-0.2, -0.15) is 4.80 Å². The Hall–Kier alpha value is -3.22. The first kappa shape index (κ1) is 18.6. The fourth-order valence-corrected chi connectivity index (χ4v) is 2.40. The van der Waals surface area contributed by atoms with Gasteiger partial charge in [0.2, 0.25) is 5.82 Å². The van der Waals surface area contributed by atoms with Crippen molar-refractivity contribution in [1.29, 1.82) is 0 Å². The Bertz CT molecular complexity index is 904. The molecule has 2 aromatic carbocycles. The highest BCUT2D eigenvalue weighted by atomic mass is 16.5. The van der Waals surface area contributed by atoms with Crippen LogP contribution in [0.4, 0.5) is 0 Å². The summed E-state index contributed by atoms with van der Waals surface area (Å²) < 4.78 is 10.9. The molecule has 7 nitrogen and oxygen atoms in total. The van der Waals surface area contributed by atoms with E-state index in [1.54, 1.807) is 18.2 Å². The zero-order chi connectivity index (χ0) is 19.2. The van der Waals surface area contributed by atoms with E-state index in [4.69, 9.17) is 9.47 Å². The van der Waals surface area contributed by atoms with Crippen LogP contribution in [0.2, 0.25) is 0 Å². The summed E-state index contributed by atoms with van der Waals surface area (Å²) in [5, 5.41) is 12.4. The first-order chi connectivity index (χ1) is 13.0. The molecule has 0 radical (unpaired) electrons. The number of nitrogens with zero attached hydrogens (tertiary/aromatic N) is 4. The highest BCUT2D eigenvalue weighted by Crippen LogP contribution is 2.17. The van der Waals surface area contributed by atoms with Gasteiger partial charge in [-0.3, -0.25) is 0 Å². The molecule has 3 aromatic rings. The Kier molecular flexibility index (Phi) is 5.80. The standard InChI is InChI=1S/C20H22N4O3/c1-14(2)27-20(25)17-6-4-5-16(13-17)19-21-23-24(22-19)11-12-26-18-9-7-15(3)8-10-18/h4-10,13-14H,11-12H2,1-3H3. The Balaban J connectivity index is 1.61. The summed E-state index contributed by atoms with van der Waals surface area (Å²) in [5.41, 5.74) is 2.35. The molecule has 0 aliphatic carbocycles. The van der Waals surface area contributed by atoms with Crippen molar-refractivity contribution in [3.05, 3.63) is 59.7 Å². The van der Waals surface area contributed by atoms with Crippen molar-refractivity contribution < 1.29 is 14.3 Å². The topological polar surface area (TPSA) is 79.1 Å². The van der Waals surface area contributed by atoms with Crippen molar-refractivity contribution in [3.8, 4) is 17.1 Å². The predicted molar refractivity (Wildman–Crippen MR) is 100 cm³/mol. The molecule has 0 amide bonds. The maximum Gasteiger partial charge on any atom is 0.338 e. The molecule has 27 heavy (non-hydrogen) atoms. The van der Waals surface area contributed by atoms with Crippen LogP contribution < -0.4 is 4.74 Å². The fraction of sp³-hybridized carbons (Fsp3) is 0.300. The predicted octanol–water partition coefficient (Wildman–Crippen LogP) is 3.29. The number of aryl methyl sites for hydroxylation is 1. The van der Waals surface area contributed by atoms with Crippen LogP contribution in [-0.4, -0.2) is 38.9 Å². The Labute approximate surface area is 157 Å². The average Bonchev–Trinajstić information content (AvgIpc) is 3.12. The van der Waals surface area contributed by atoms with Gasteiger partial charge in [0.15, 0.2) is 0 Å². The Morgan fingerprint density at radius 2 is 1.93 bits per heavy atom. The molecule has 3 rings (SSSR count). The van der Waals surface area contributed by atoms with Gasteiger partial charge >= 0.3 is 5.97 Å². The summed E-state index contributed by atoms with van der Waals surface area (Å²) in [6.45, 7) is 6.55. The fourth-order valence-electron chi connectivity index (χ4n) is 2.40. The largest absolute Gasteiger partial charge is 0.492 e. The van der Waals surface area contributed by atoms with Gasteiger partial charge in [-0.25, -0.2) is 4.79 Å². The van der Waals surface area contributed by atoms with Gasteiger partial charge in [0.25, 0.3) is 0 Å². The molecule has 0 saturated carbocycles. The van der Waals surface area contributed by atoms with Crippen LogP contribution in [0, 0.1) is 6.92 Å². The van der Waals surface area contributed by atoms with Gasteiger partial charge < -0.3 is 9.47 Å². The summed E-state index contributed by atoms with van der Waals surface area (Å²) in [7, 11) is 0. The third-order valence-corrected chi connectivity index (χ3v) is 3.73. The SMILES string of the molecule is Cc1ccc(OCCn2nnc(-c3cccc(C(=O)OC(C)C)c3)n2)cc1. The third kappa shape index (κ3) is 5.13. The second-order valence-corrected chi connectivity index (χ2v) is 6.41. The highest BCUT2D eigenvalue weighted by Gasteiger charge is 2.12. The number of hydrogen-bond donors (Lipinski definition) is 0. The maximum atomic E-state index is 12.0. The average molecular weight is 366 g/mol. The second kappa shape index (κ2) is 8.44. The molecule has 0 fully saturated rings. The molecule has 1 heterocycles. The quantitative estimate of drug-likeness (QED) is 0.597. The molecule has 0 N–H and O–H groups in total. The summed E-state index contributed by atoms with van der Waals surface area (Å²) in [6.07, 6.45) is -0.173. The van der Waals surface area contributed by atoms with Crippen LogP contribution in [0.1, 0.15) is 29.8 Å². The monoisotopic (exact) mass is 366 g/mol. The van der Waals surface area contributed by atoms with Crippen molar-refractivity contribution >= 4 is 5.97 Å². The third-order valence-electron chi connectivity index (χ3n) is 3.73. The van der Waals surface area contributed by atoms with Crippen molar-refractivity contribution in [2.75, 3.05) is 6.61 Å². The minimum absolute atomic E-state index is 0.173. The normalized spacial score (nSPS) is 10.8. The van der Waals surface area contributed by atoms with Gasteiger partial charge in [-0.15, -0.1) is 10.2 Å². The van der Waals surface area contributed by atoms with Crippen LogP contribution >= 0.6 is 0 Å². The maximum absolute atomic E-state index is 12.0. The molecule has 0 atom stereocenters. The molecule has 0 spiro atoms. The molecule has 0 unspecified atom stereocenters. The van der Waals surface area contributed by atoms with Gasteiger partial charge in [0, 0.05) is 5.56 Å². The molecular weight excluding hydrogens is 344 g/mol. The van der Waals surface area contributed by atoms with Gasteiger partial charge in [0.1, 0.15) is 12.4 Å². The van der Waals surface area contributed by atoms with E-state index < -0.39 is 0 Å². The summed E-state index contributed by atoms with van der Waals surface area (Å²) in [4.78, 5) is 13.5. The van der Waals surface area contributed by atoms with E-state index in [9.17, 15) is 4.79 Å². The Morgan fingerprint density at radius 1 is 1.15 bits per heavy atom. The smallest absolute Gasteiger partial charge is 0.338 e. The first-order valence-electron chi connectivity index (χ1n) is 8.80. The molecule has 140 valence electrons. The van der Waals surface area contributed by atoms with Crippen LogP contribution in [0.15, 0.2) is 48.5 Å². The van der Waals surface area contributed by atoms with E-state index in [2.05, 4.69) is 15.4 Å². The number of carbonyl (C=O) groups is 1. The summed E-state index contributed by atoms with van der Waals surface area (Å²) >= 11 is 0. The number of tetrazole rings is 1. The molecule has 0 bridgehead atoms. The second-order valence-electron chi connectivity index (χ2n) is 6.41. The lowest BCUT2D eigenvalue weighted by Gasteiger charge is -2.08. The number of rotatable bonds is 7. The van der Waals surface area contributed by atoms with E-state index in [1.807, 2.05) is 51.1 Å². The Morgan fingerprint density at radius 3 is 2.67 bits per heavy atom. The van der Waals surface area contributed by atoms with E-state index in [-0.39, 0.29) is 12.1 Å². The molecule has 7 heteroatoms. The van der Waals surface area contributed by atoms with Crippen LogP contribution in [0.5, 0.6) is 5.75 Å². The molecular formula is C20H22N4O3. The minimum Gasteiger partial charge on any atom is -0.492 e. The van der Waals surface area contributed by atoms with Crippen molar-refractivity contribution in [3.63, 3.8) is 0 Å². The zero-order valence-electron chi connectivity index (χ0n) is 15.6. The van der Waals surface area contributed by atoms with E-state index in [1.165, 1.54) is 10.4 Å². The lowest BCUT2D eigenvalue weighted by Crippen LogP contribution is -2.11. The summed E-state index contributed by atoms with van der Waals surface area (Å²) in [5.74, 6) is 0.882. The van der Waals surface area contributed by atoms with E-state index in [0.717, 1.165) is 5.75 Å². The van der Waals surface area contributed by atoms with Crippen molar-refractivity contribution in [1.82, 2.24) is 20.2 Å².